The number of aryl methyl sites for hydroxylation is 1. The highest BCUT2D eigenvalue weighted by atomic mass is 35.5. The summed E-state index contributed by atoms with van der Waals surface area (Å²) in [5.41, 5.74) is 0.869. The Morgan fingerprint density at radius 3 is 2.52 bits per heavy atom. The zero-order valence-electron chi connectivity index (χ0n) is 11.7. The van der Waals surface area contributed by atoms with E-state index in [2.05, 4.69) is 10.3 Å². The van der Waals surface area contributed by atoms with E-state index in [1.807, 2.05) is 0 Å². The fourth-order valence-electron chi connectivity index (χ4n) is 1.75. The Morgan fingerprint density at radius 1 is 1.38 bits per heavy atom. The van der Waals surface area contributed by atoms with Crippen molar-refractivity contribution in [1.29, 1.82) is 0 Å². The van der Waals surface area contributed by atoms with Crippen LogP contribution in [0.3, 0.4) is 0 Å². The van der Waals surface area contributed by atoms with Crippen molar-refractivity contribution in [2.75, 3.05) is 0 Å². The van der Waals surface area contributed by atoms with Crippen LogP contribution < -0.4 is 9.88 Å². The van der Waals surface area contributed by atoms with Crippen LogP contribution >= 0.6 is 11.6 Å². The number of nitrogens with zero attached hydrogens (tertiary/aromatic N) is 3. The van der Waals surface area contributed by atoms with Gasteiger partial charge in [0.15, 0.2) is 5.15 Å². The first-order valence-corrected chi connectivity index (χ1v) is 8.01. The first kappa shape index (κ1) is 15.7. The summed E-state index contributed by atoms with van der Waals surface area (Å²) in [6.45, 7) is 3.58. The summed E-state index contributed by atoms with van der Waals surface area (Å²) in [5.74, 6) is 0.191. The van der Waals surface area contributed by atoms with Gasteiger partial charge in [0.25, 0.3) is 0 Å². The molecule has 114 valence electrons. The molecule has 0 bridgehead atoms. The quantitative estimate of drug-likeness (QED) is 0.917. The molecule has 21 heavy (non-hydrogen) atoms. The predicted octanol–water partition coefficient (Wildman–Crippen LogP) is 1.57. The third-order valence-electron chi connectivity index (χ3n) is 2.64. The average Bonchev–Trinajstić information content (AvgIpc) is 2.69. The largest absolute Gasteiger partial charge is 0.490 e. The number of ether oxygens (including phenoxy) is 1. The van der Waals surface area contributed by atoms with Gasteiger partial charge in [-0.2, -0.15) is 0 Å². The lowest BCUT2D eigenvalue weighted by Crippen LogP contribution is -2.16. The zero-order chi connectivity index (χ0) is 15.8. The molecule has 0 aliphatic heterocycles. The highest BCUT2D eigenvalue weighted by Crippen LogP contribution is 2.31. The van der Waals surface area contributed by atoms with Crippen LogP contribution in [-0.2, 0) is 17.1 Å². The second-order valence-corrected chi connectivity index (χ2v) is 6.61. The van der Waals surface area contributed by atoms with E-state index in [0.29, 0.717) is 16.4 Å². The van der Waals surface area contributed by atoms with Crippen molar-refractivity contribution in [3.63, 3.8) is 0 Å². The molecule has 0 atom stereocenters. The number of nitrogens with two attached hydrogens (primary N) is 1. The molecule has 1 aromatic carbocycles. The van der Waals surface area contributed by atoms with Crippen LogP contribution in [0.2, 0.25) is 5.15 Å². The Labute approximate surface area is 127 Å². The Bertz CT molecular complexity index is 771. The molecule has 0 unspecified atom stereocenters. The van der Waals surface area contributed by atoms with Crippen molar-refractivity contribution in [1.82, 2.24) is 15.0 Å². The Hall–Kier alpha value is -1.64. The Morgan fingerprint density at radius 2 is 2.05 bits per heavy atom. The molecule has 9 heteroatoms. The first-order valence-electron chi connectivity index (χ1n) is 6.09. The first-order chi connectivity index (χ1) is 9.70. The van der Waals surface area contributed by atoms with Gasteiger partial charge in [-0.15, -0.1) is 5.10 Å². The van der Waals surface area contributed by atoms with Gasteiger partial charge in [-0.3, -0.25) is 0 Å². The maximum Gasteiger partial charge on any atom is 0.241 e. The van der Waals surface area contributed by atoms with Crippen LogP contribution in [0.25, 0.3) is 11.3 Å². The number of benzene rings is 1. The third-order valence-corrected chi connectivity index (χ3v) is 4.00. The molecule has 2 aromatic rings. The smallest absolute Gasteiger partial charge is 0.241 e. The molecule has 0 amide bonds. The molecule has 0 saturated heterocycles. The molecule has 2 rings (SSSR count). The molecule has 0 fully saturated rings. The lowest BCUT2D eigenvalue weighted by Gasteiger charge is -2.14. The van der Waals surface area contributed by atoms with E-state index in [0.717, 1.165) is 0 Å². The van der Waals surface area contributed by atoms with Crippen LogP contribution in [-0.4, -0.2) is 29.5 Å². The molecule has 0 spiro atoms. The standard InChI is InChI=1S/C12H15ClN4O3S/c1-7(2)20-9-5-4-8(6-10(9)21(14,18)19)11-12(13)17(3)16-15-11/h4-7H,1-3H3,(H2,14,18,19). The number of hydrogen-bond donors (Lipinski definition) is 1. The maximum atomic E-state index is 11.7. The molecular formula is C12H15ClN4O3S. The molecule has 0 radical (unpaired) electrons. The predicted molar refractivity (Wildman–Crippen MR) is 78.6 cm³/mol. The van der Waals surface area contributed by atoms with E-state index in [9.17, 15) is 8.42 Å². The van der Waals surface area contributed by atoms with Crippen molar-refractivity contribution in [2.45, 2.75) is 24.8 Å². The minimum atomic E-state index is -3.94. The van der Waals surface area contributed by atoms with E-state index >= 15 is 0 Å². The molecule has 1 heterocycles. The third kappa shape index (κ3) is 3.34. The van der Waals surface area contributed by atoms with E-state index in [-0.39, 0.29) is 16.7 Å². The number of aromatic nitrogens is 3. The zero-order valence-corrected chi connectivity index (χ0v) is 13.3. The van der Waals surface area contributed by atoms with Gasteiger partial charge in [0.2, 0.25) is 10.0 Å². The van der Waals surface area contributed by atoms with Gasteiger partial charge >= 0.3 is 0 Å². The van der Waals surface area contributed by atoms with E-state index in [1.165, 1.54) is 16.8 Å². The van der Waals surface area contributed by atoms with Gasteiger partial charge in [-0.1, -0.05) is 16.8 Å². The number of halogens is 1. The van der Waals surface area contributed by atoms with Crippen molar-refractivity contribution in [3.8, 4) is 17.0 Å². The molecule has 7 nitrogen and oxygen atoms in total. The van der Waals surface area contributed by atoms with Gasteiger partial charge in [-0.05, 0) is 32.0 Å². The molecule has 0 aliphatic carbocycles. The average molecular weight is 331 g/mol. The minimum Gasteiger partial charge on any atom is -0.490 e. The SMILES string of the molecule is CC(C)Oc1ccc(-c2nnn(C)c2Cl)cc1S(N)(=O)=O. The summed E-state index contributed by atoms with van der Waals surface area (Å²) in [4.78, 5) is -0.115. The Kier molecular flexibility index (Phi) is 4.22. The second-order valence-electron chi connectivity index (χ2n) is 4.73. The van der Waals surface area contributed by atoms with Gasteiger partial charge in [0.1, 0.15) is 16.3 Å². The Balaban J connectivity index is 2.60. The fourth-order valence-corrected chi connectivity index (χ4v) is 2.62. The summed E-state index contributed by atoms with van der Waals surface area (Å²) in [6, 6.07) is 4.56. The van der Waals surface area contributed by atoms with Crippen LogP contribution in [0, 0.1) is 0 Å². The van der Waals surface area contributed by atoms with Gasteiger partial charge in [0, 0.05) is 12.6 Å². The van der Waals surface area contributed by atoms with Crippen LogP contribution in [0.4, 0.5) is 0 Å². The van der Waals surface area contributed by atoms with Crippen LogP contribution in [0.5, 0.6) is 5.75 Å². The minimum absolute atomic E-state index is 0.115. The second kappa shape index (κ2) is 5.63. The molecule has 2 N–H and O–H groups in total. The monoisotopic (exact) mass is 330 g/mol. The summed E-state index contributed by atoms with van der Waals surface area (Å²) in [6.07, 6.45) is -0.184. The van der Waals surface area contributed by atoms with Gasteiger partial charge in [-0.25, -0.2) is 18.2 Å². The summed E-state index contributed by atoms with van der Waals surface area (Å²) in [5, 5.41) is 13.2. The topological polar surface area (TPSA) is 100 Å². The van der Waals surface area contributed by atoms with Crippen molar-refractivity contribution in [3.05, 3.63) is 23.4 Å². The summed E-state index contributed by atoms with van der Waals surface area (Å²) >= 11 is 6.06. The van der Waals surface area contributed by atoms with Crippen LogP contribution in [0.1, 0.15) is 13.8 Å². The fraction of sp³-hybridized carbons (Fsp3) is 0.333. The lowest BCUT2D eigenvalue weighted by molar-refractivity contribution is 0.236. The molecule has 1 aromatic heterocycles. The highest BCUT2D eigenvalue weighted by molar-refractivity contribution is 7.89. The molecule has 0 aliphatic rings. The van der Waals surface area contributed by atoms with Crippen LogP contribution in [0.15, 0.2) is 23.1 Å². The van der Waals surface area contributed by atoms with E-state index in [1.54, 1.807) is 27.0 Å². The van der Waals surface area contributed by atoms with Gasteiger partial charge in [0.05, 0.1) is 6.10 Å². The number of primary sulfonamides is 1. The lowest BCUT2D eigenvalue weighted by atomic mass is 10.1. The normalized spacial score (nSPS) is 11.9. The maximum absolute atomic E-state index is 11.7. The highest BCUT2D eigenvalue weighted by Gasteiger charge is 2.20. The van der Waals surface area contributed by atoms with Crippen molar-refractivity contribution < 1.29 is 13.2 Å². The number of sulfonamides is 1. The summed E-state index contributed by atoms with van der Waals surface area (Å²) in [7, 11) is -2.30. The summed E-state index contributed by atoms with van der Waals surface area (Å²) < 4.78 is 30.3. The molecule has 0 saturated carbocycles. The van der Waals surface area contributed by atoms with Crippen molar-refractivity contribution in [2.24, 2.45) is 12.2 Å². The number of rotatable bonds is 4. The van der Waals surface area contributed by atoms with Crippen molar-refractivity contribution >= 4 is 21.6 Å². The molecular weight excluding hydrogens is 316 g/mol. The van der Waals surface area contributed by atoms with Gasteiger partial charge < -0.3 is 4.74 Å². The van der Waals surface area contributed by atoms with E-state index < -0.39 is 10.0 Å². The van der Waals surface area contributed by atoms with E-state index in [4.69, 9.17) is 21.5 Å². The number of hydrogen-bond acceptors (Lipinski definition) is 5.